The largest absolute Gasteiger partial charge is 0.541 e. The van der Waals surface area contributed by atoms with Crippen LogP contribution in [-0.4, -0.2) is 127 Å². The Hall–Kier alpha value is -2.40. The van der Waals surface area contributed by atoms with Gasteiger partial charge in [-0.1, -0.05) is 0 Å². The summed E-state index contributed by atoms with van der Waals surface area (Å²) in [5.74, 6) is -2.45. The van der Waals surface area contributed by atoms with Crippen LogP contribution in [-0.2, 0) is 32.0 Å². The Kier molecular flexibility index (Phi) is 9.82. The number of aromatic amines is 1. The summed E-state index contributed by atoms with van der Waals surface area (Å²) in [6.45, 7) is -2.28. The molecular formula is C16H25N5O17P2. The first-order chi connectivity index (χ1) is 18.5. The molecule has 40 heavy (non-hydrogen) atoms. The van der Waals surface area contributed by atoms with Crippen molar-refractivity contribution in [3.8, 4) is 0 Å². The van der Waals surface area contributed by atoms with Crippen LogP contribution in [0.25, 0.3) is 11.2 Å². The van der Waals surface area contributed by atoms with Gasteiger partial charge in [0.1, 0.15) is 36.6 Å². The number of phosphoric acid groups is 2. The minimum absolute atomic E-state index is 0.176. The van der Waals surface area contributed by atoms with E-state index in [0.717, 1.165) is 10.9 Å². The number of imidazole rings is 1. The average Bonchev–Trinajstić information content (AvgIpc) is 3.40. The van der Waals surface area contributed by atoms with Crippen molar-refractivity contribution in [2.45, 2.75) is 49.0 Å². The highest BCUT2D eigenvalue weighted by Crippen LogP contribution is 2.61. The second kappa shape index (κ2) is 12.2. The van der Waals surface area contributed by atoms with Gasteiger partial charge in [0.25, 0.3) is 5.56 Å². The Bertz CT molecular complexity index is 1360. The molecule has 22 nitrogen and oxygen atoms in total. The quantitative estimate of drug-likeness (QED) is 0.0984. The molecule has 0 radical (unpaired) electrons. The number of hydrogen-bond donors (Lipinski definition) is 11. The molecule has 0 amide bonds. The van der Waals surface area contributed by atoms with Crippen LogP contribution in [0, 0.1) is 0 Å². The Labute approximate surface area is 221 Å². The van der Waals surface area contributed by atoms with Gasteiger partial charge in [0.05, 0.1) is 19.5 Å². The zero-order chi connectivity index (χ0) is 30.2. The molecule has 1 saturated heterocycles. The first-order valence-corrected chi connectivity index (χ1v) is 13.8. The van der Waals surface area contributed by atoms with E-state index in [1.165, 1.54) is 0 Å². The summed E-state index contributed by atoms with van der Waals surface area (Å²) in [6.07, 6.45) is -15.6. The van der Waals surface area contributed by atoms with E-state index >= 15 is 0 Å². The molecule has 0 aliphatic carbocycles. The maximum atomic E-state index is 12.8. The number of phosphoric ester groups is 1. The molecular weight excluding hydrogens is 596 g/mol. The fourth-order valence-electron chi connectivity index (χ4n) is 3.41. The molecule has 3 heterocycles. The minimum atomic E-state index is -5.76. The van der Waals surface area contributed by atoms with Crippen molar-refractivity contribution in [3.05, 3.63) is 16.7 Å². The van der Waals surface area contributed by atoms with Crippen LogP contribution in [0.4, 0.5) is 5.95 Å². The number of fused-ring (bicyclic) bond motifs is 1. The minimum Gasteiger partial charge on any atom is -0.394 e. The van der Waals surface area contributed by atoms with Crippen LogP contribution < -0.4 is 11.3 Å². The van der Waals surface area contributed by atoms with Crippen LogP contribution in [0.2, 0.25) is 0 Å². The second-order valence-electron chi connectivity index (χ2n) is 8.22. The number of nitrogens with one attached hydrogen (secondary N) is 1. The summed E-state index contributed by atoms with van der Waals surface area (Å²) in [5.41, 5.74) is 4.37. The Balaban J connectivity index is 1.77. The number of nitrogen functional groups attached to an aromatic ring is 1. The summed E-state index contributed by atoms with van der Waals surface area (Å²) >= 11 is 0. The van der Waals surface area contributed by atoms with Gasteiger partial charge < -0.3 is 60.5 Å². The van der Waals surface area contributed by atoms with E-state index in [2.05, 4.69) is 28.3 Å². The van der Waals surface area contributed by atoms with Crippen LogP contribution in [0.3, 0.4) is 0 Å². The van der Waals surface area contributed by atoms with E-state index in [1.807, 2.05) is 0 Å². The van der Waals surface area contributed by atoms with Gasteiger partial charge in [0.15, 0.2) is 23.5 Å². The summed E-state index contributed by atoms with van der Waals surface area (Å²) in [7, 11) is -11.5. The van der Waals surface area contributed by atoms with Gasteiger partial charge in [-0.2, -0.15) is 9.29 Å². The van der Waals surface area contributed by atoms with Crippen LogP contribution >= 0.6 is 15.6 Å². The molecule has 0 aromatic carbocycles. The summed E-state index contributed by atoms with van der Waals surface area (Å²) < 4.78 is 43.3. The summed E-state index contributed by atoms with van der Waals surface area (Å²) in [6, 6.07) is 0. The number of hydrogen-bond acceptors (Lipinski definition) is 18. The molecule has 1 aliphatic rings. The smallest absolute Gasteiger partial charge is 0.394 e. The number of rotatable bonds is 12. The van der Waals surface area contributed by atoms with Crippen molar-refractivity contribution >= 4 is 38.7 Å². The predicted molar refractivity (Wildman–Crippen MR) is 122 cm³/mol. The van der Waals surface area contributed by atoms with Crippen molar-refractivity contribution in [1.82, 2.24) is 19.5 Å². The van der Waals surface area contributed by atoms with E-state index in [9.17, 15) is 49.4 Å². The fraction of sp³-hybridized carbons (Fsp3) is 0.625. The highest BCUT2D eigenvalue weighted by Gasteiger charge is 2.48. The first kappa shape index (κ1) is 32.1. The molecule has 24 heteroatoms. The van der Waals surface area contributed by atoms with E-state index in [1.54, 1.807) is 0 Å². The third-order valence-electron chi connectivity index (χ3n) is 5.36. The molecule has 12 N–H and O–H groups in total. The van der Waals surface area contributed by atoms with E-state index in [4.69, 9.17) is 25.4 Å². The lowest BCUT2D eigenvalue weighted by atomic mass is 10.0. The number of aromatic nitrogens is 4. The second-order valence-corrected chi connectivity index (χ2v) is 11.2. The summed E-state index contributed by atoms with van der Waals surface area (Å²) in [4.78, 5) is 52.1. The highest BCUT2D eigenvalue weighted by atomic mass is 31.3. The first-order valence-electron chi connectivity index (χ1n) is 10.8. The molecule has 3 rings (SSSR count). The predicted octanol–water partition coefficient (Wildman–Crippen LogP) is -5.47. The monoisotopic (exact) mass is 621 g/mol. The number of nitrogens with two attached hydrogens (primary N) is 1. The lowest BCUT2D eigenvalue weighted by Gasteiger charge is -2.26. The van der Waals surface area contributed by atoms with Crippen molar-refractivity contribution in [2.24, 2.45) is 0 Å². The number of ether oxygens (including phenoxy) is 1. The van der Waals surface area contributed by atoms with Gasteiger partial charge in [-0.15, -0.1) is 0 Å². The highest BCUT2D eigenvalue weighted by molar-refractivity contribution is 7.61. The Morgan fingerprint density at radius 3 is 2.42 bits per heavy atom. The number of carbonyl (C=O) groups is 1. The molecule has 0 saturated carbocycles. The third kappa shape index (κ3) is 7.08. The fourth-order valence-corrected chi connectivity index (χ4v) is 5.49. The van der Waals surface area contributed by atoms with E-state index in [0.29, 0.717) is 0 Å². The SMILES string of the molecule is Nc1nc2c(ncn2[C@@H]2O[C@H](COP(=O)(OC(=O)[C@H](O)[C@@H](O)[C@H](O)[C@H](O)CO)OP(=O)(O)O)C(O)C2O)c(=O)[nH]1. The Morgan fingerprint density at radius 1 is 1.18 bits per heavy atom. The average molecular weight is 621 g/mol. The van der Waals surface area contributed by atoms with Crippen molar-refractivity contribution in [2.75, 3.05) is 18.9 Å². The molecule has 2 aromatic rings. The third-order valence-corrected chi connectivity index (χ3v) is 7.88. The van der Waals surface area contributed by atoms with Gasteiger partial charge in [0.2, 0.25) is 5.95 Å². The van der Waals surface area contributed by atoms with E-state index in [-0.39, 0.29) is 17.1 Å². The number of aliphatic hydroxyl groups excluding tert-OH is 7. The Morgan fingerprint density at radius 2 is 1.82 bits per heavy atom. The molecule has 9 atom stereocenters. The van der Waals surface area contributed by atoms with Gasteiger partial charge in [-0.05, 0) is 0 Å². The van der Waals surface area contributed by atoms with Crippen molar-refractivity contribution < 1.29 is 77.6 Å². The molecule has 2 aromatic heterocycles. The van der Waals surface area contributed by atoms with Crippen molar-refractivity contribution in [1.29, 1.82) is 0 Å². The van der Waals surface area contributed by atoms with Crippen LogP contribution in [0.1, 0.15) is 6.23 Å². The lowest BCUT2D eigenvalue weighted by molar-refractivity contribution is -0.163. The summed E-state index contributed by atoms with van der Waals surface area (Å²) in [5, 5.41) is 68.1. The van der Waals surface area contributed by atoms with Gasteiger partial charge in [0, 0.05) is 0 Å². The normalized spacial score (nSPS) is 26.2. The van der Waals surface area contributed by atoms with Gasteiger partial charge in [-0.3, -0.25) is 18.9 Å². The zero-order valence-electron chi connectivity index (χ0n) is 19.7. The lowest BCUT2D eigenvalue weighted by Crippen LogP contribution is -2.49. The molecule has 226 valence electrons. The molecule has 0 spiro atoms. The van der Waals surface area contributed by atoms with Crippen molar-refractivity contribution in [3.63, 3.8) is 0 Å². The number of nitrogens with zero attached hydrogens (tertiary/aromatic N) is 3. The standard InChI is InChI=1S/C16H25N5O17P2/c17-16-19-12-6(13(29)20-16)18-3-21(12)14-10(27)8(25)5(36-14)2-35-40(34,38-39(31,32)33)37-15(30)11(28)9(26)7(24)4(23)1-22/h3-5,7-11,14,22-28H,1-2H2,(H2,31,32,33)(H3,17,19,20,29)/t4-,5-,7-,8?,9+,10?,11-,14-,40?/m1/s1. The number of carbonyl (C=O) groups excluding carboxylic acids is 1. The molecule has 0 bridgehead atoms. The van der Waals surface area contributed by atoms with Gasteiger partial charge in [-0.25, -0.2) is 18.9 Å². The molecule has 3 unspecified atom stereocenters. The maximum absolute atomic E-state index is 12.8. The number of aliphatic hydroxyl groups is 7. The van der Waals surface area contributed by atoms with Gasteiger partial charge >= 0.3 is 21.6 Å². The molecule has 1 fully saturated rings. The van der Waals surface area contributed by atoms with E-state index < -0.39 is 89.3 Å². The number of anilines is 1. The van der Waals surface area contributed by atoms with Crippen LogP contribution in [0.15, 0.2) is 11.1 Å². The zero-order valence-corrected chi connectivity index (χ0v) is 21.5. The maximum Gasteiger partial charge on any atom is 0.541 e. The molecule has 1 aliphatic heterocycles. The topological polar surface area (TPSA) is 360 Å². The van der Waals surface area contributed by atoms with Crippen LogP contribution in [0.5, 0.6) is 0 Å². The number of H-pyrrole nitrogens is 1.